The lowest BCUT2D eigenvalue weighted by Gasteiger charge is -2.28. The van der Waals surface area contributed by atoms with Crippen LogP contribution in [0.3, 0.4) is 0 Å². The second kappa shape index (κ2) is 9.19. The van der Waals surface area contributed by atoms with Crippen molar-refractivity contribution in [1.82, 2.24) is 40.0 Å². The number of hydrogen-bond donors (Lipinski definition) is 2. The first-order valence-corrected chi connectivity index (χ1v) is 13.0. The molecule has 0 radical (unpaired) electrons. The smallest absolute Gasteiger partial charge is 0.161 e. The van der Waals surface area contributed by atoms with Crippen LogP contribution in [-0.4, -0.2) is 66.2 Å². The van der Waals surface area contributed by atoms with Gasteiger partial charge in [-0.3, -0.25) is 20.0 Å². The Labute approximate surface area is 213 Å². The van der Waals surface area contributed by atoms with Gasteiger partial charge in [0.05, 0.1) is 22.8 Å². The third-order valence-corrected chi connectivity index (χ3v) is 7.50. The molecule has 7 rings (SSSR count). The third-order valence-electron chi connectivity index (χ3n) is 7.50. The van der Waals surface area contributed by atoms with Gasteiger partial charge in [0.2, 0.25) is 0 Å². The first-order valence-electron chi connectivity index (χ1n) is 13.0. The summed E-state index contributed by atoms with van der Waals surface area (Å²) in [7, 11) is 0. The van der Waals surface area contributed by atoms with Crippen LogP contribution in [0.1, 0.15) is 37.7 Å². The molecule has 0 atom stereocenters. The van der Waals surface area contributed by atoms with E-state index in [-0.39, 0.29) is 5.69 Å². The number of rotatable bonds is 5. The van der Waals surface area contributed by atoms with E-state index < -0.39 is 5.82 Å². The van der Waals surface area contributed by atoms with Crippen LogP contribution >= 0.6 is 0 Å². The quantitative estimate of drug-likeness (QED) is 0.363. The molecule has 37 heavy (non-hydrogen) atoms. The van der Waals surface area contributed by atoms with E-state index >= 15 is 4.39 Å². The van der Waals surface area contributed by atoms with Crippen molar-refractivity contribution in [2.24, 2.45) is 0 Å². The molecule has 2 fully saturated rings. The summed E-state index contributed by atoms with van der Waals surface area (Å²) in [6.45, 7) is 5.00. The fourth-order valence-electron chi connectivity index (χ4n) is 5.65. The maximum atomic E-state index is 16.1. The number of likely N-dealkylation sites (tertiary alicyclic amines) is 1. The first kappa shape index (κ1) is 22.3. The highest BCUT2D eigenvalue weighted by Crippen LogP contribution is 2.34. The molecule has 5 aromatic rings. The number of pyridine rings is 3. The van der Waals surface area contributed by atoms with Gasteiger partial charge in [0.1, 0.15) is 16.9 Å². The molecule has 2 aliphatic heterocycles. The van der Waals surface area contributed by atoms with Crippen LogP contribution in [0.25, 0.3) is 44.8 Å². The Hall–Kier alpha value is -3.92. The zero-order chi connectivity index (χ0) is 24.8. The number of aromatic amines is 2. The summed E-state index contributed by atoms with van der Waals surface area (Å²) in [6, 6.07) is 3.99. The summed E-state index contributed by atoms with van der Waals surface area (Å²) >= 11 is 0. The molecule has 0 aromatic carbocycles. The van der Waals surface area contributed by atoms with Gasteiger partial charge < -0.3 is 9.88 Å². The number of piperidine rings is 1. The molecule has 0 bridgehead atoms. The SMILES string of the molecule is Fc1c(-c2cncc(CN3CCCC3)c2)ncc2[nH]nc(-c3nc4c(N5CCCCC5)ccnc4[nH]3)c12. The van der Waals surface area contributed by atoms with Gasteiger partial charge in [0, 0.05) is 43.8 Å². The molecule has 9 nitrogen and oxygen atoms in total. The Morgan fingerprint density at radius 2 is 1.76 bits per heavy atom. The molecule has 0 saturated carbocycles. The maximum absolute atomic E-state index is 16.1. The summed E-state index contributed by atoms with van der Waals surface area (Å²) in [5, 5.41) is 7.70. The summed E-state index contributed by atoms with van der Waals surface area (Å²) in [4.78, 5) is 26.2. The van der Waals surface area contributed by atoms with Crippen LogP contribution in [0, 0.1) is 5.82 Å². The molecule has 2 N–H and O–H groups in total. The number of halogens is 1. The van der Waals surface area contributed by atoms with Gasteiger partial charge in [-0.25, -0.2) is 14.4 Å². The Morgan fingerprint density at radius 1 is 0.919 bits per heavy atom. The lowest BCUT2D eigenvalue weighted by atomic mass is 10.1. The van der Waals surface area contributed by atoms with Crippen LogP contribution in [0.2, 0.25) is 0 Å². The lowest BCUT2D eigenvalue weighted by Crippen LogP contribution is -2.29. The molecule has 5 aromatic heterocycles. The standard InChI is InChI=1S/C27H28FN9/c28-22-21-19(15-31-23(22)18-12-17(13-29-14-18)16-36-8-4-5-9-36)34-35-25(21)27-32-24-20(6-7-30-26(24)33-27)37-10-2-1-3-11-37/h6-7,12-15H,1-5,8-11,16H2,(H,34,35)(H,30,32,33). The molecule has 2 saturated heterocycles. The molecular weight excluding hydrogens is 469 g/mol. The molecule has 0 unspecified atom stereocenters. The Balaban J connectivity index is 1.28. The zero-order valence-electron chi connectivity index (χ0n) is 20.5. The third kappa shape index (κ3) is 4.01. The van der Waals surface area contributed by atoms with E-state index in [0.29, 0.717) is 33.6 Å². The minimum Gasteiger partial charge on any atom is -0.370 e. The van der Waals surface area contributed by atoms with Gasteiger partial charge in [-0.2, -0.15) is 5.10 Å². The van der Waals surface area contributed by atoms with E-state index in [0.717, 1.165) is 49.5 Å². The van der Waals surface area contributed by atoms with Crippen molar-refractivity contribution in [3.05, 3.63) is 48.3 Å². The highest BCUT2D eigenvalue weighted by Gasteiger charge is 2.23. The minimum atomic E-state index is -0.439. The van der Waals surface area contributed by atoms with Crippen molar-refractivity contribution in [2.45, 2.75) is 38.6 Å². The van der Waals surface area contributed by atoms with E-state index in [1.165, 1.54) is 32.1 Å². The number of anilines is 1. The van der Waals surface area contributed by atoms with E-state index in [1.807, 2.05) is 18.3 Å². The molecule has 2 aliphatic rings. The lowest BCUT2D eigenvalue weighted by molar-refractivity contribution is 0.331. The van der Waals surface area contributed by atoms with E-state index in [2.05, 4.69) is 39.9 Å². The second-order valence-electron chi connectivity index (χ2n) is 10.0. The number of aromatic nitrogens is 7. The Morgan fingerprint density at radius 3 is 2.62 bits per heavy atom. The van der Waals surface area contributed by atoms with Crippen LogP contribution < -0.4 is 4.90 Å². The highest BCUT2D eigenvalue weighted by molar-refractivity contribution is 5.96. The number of nitrogens with one attached hydrogen (secondary N) is 2. The van der Waals surface area contributed by atoms with Crippen molar-refractivity contribution in [1.29, 1.82) is 0 Å². The molecule has 0 aliphatic carbocycles. The molecule has 188 valence electrons. The fourth-order valence-corrected chi connectivity index (χ4v) is 5.65. The van der Waals surface area contributed by atoms with Crippen LogP contribution in [0.5, 0.6) is 0 Å². The average Bonchev–Trinajstić information content (AvgIpc) is 3.69. The number of fused-ring (bicyclic) bond motifs is 2. The minimum absolute atomic E-state index is 0.258. The van der Waals surface area contributed by atoms with Crippen LogP contribution in [-0.2, 0) is 6.54 Å². The number of hydrogen-bond acceptors (Lipinski definition) is 7. The molecule has 10 heteroatoms. The van der Waals surface area contributed by atoms with Crippen molar-refractivity contribution in [3.8, 4) is 22.8 Å². The Kier molecular flexibility index (Phi) is 5.53. The van der Waals surface area contributed by atoms with Crippen molar-refractivity contribution >= 4 is 27.8 Å². The topological polar surface area (TPSA) is 103 Å². The highest BCUT2D eigenvalue weighted by atomic mass is 19.1. The van der Waals surface area contributed by atoms with Crippen molar-refractivity contribution in [3.63, 3.8) is 0 Å². The number of nitrogens with zero attached hydrogens (tertiary/aromatic N) is 7. The van der Waals surface area contributed by atoms with E-state index in [9.17, 15) is 0 Å². The van der Waals surface area contributed by atoms with Gasteiger partial charge in [0.15, 0.2) is 17.3 Å². The largest absolute Gasteiger partial charge is 0.370 e. The van der Waals surface area contributed by atoms with Crippen LogP contribution in [0.15, 0.2) is 36.9 Å². The summed E-state index contributed by atoms with van der Waals surface area (Å²) in [5.41, 5.74) is 5.40. The summed E-state index contributed by atoms with van der Waals surface area (Å²) in [6.07, 6.45) is 13.0. The predicted molar refractivity (Wildman–Crippen MR) is 141 cm³/mol. The molecule has 7 heterocycles. The summed E-state index contributed by atoms with van der Waals surface area (Å²) < 4.78 is 16.1. The fraction of sp³-hybridized carbons (Fsp3) is 0.370. The Bertz CT molecular complexity index is 1580. The first-order chi connectivity index (χ1) is 18.2. The maximum Gasteiger partial charge on any atom is 0.161 e. The monoisotopic (exact) mass is 497 g/mol. The van der Waals surface area contributed by atoms with Gasteiger partial charge in [-0.1, -0.05) is 0 Å². The van der Waals surface area contributed by atoms with Gasteiger partial charge in [-0.05, 0) is 62.9 Å². The molecular formula is C27H28FN9. The van der Waals surface area contributed by atoms with Gasteiger partial charge >= 0.3 is 0 Å². The van der Waals surface area contributed by atoms with Gasteiger partial charge in [0.25, 0.3) is 0 Å². The van der Waals surface area contributed by atoms with Crippen LogP contribution in [0.4, 0.5) is 10.1 Å². The number of imidazole rings is 1. The number of H-pyrrole nitrogens is 2. The van der Waals surface area contributed by atoms with Crippen molar-refractivity contribution < 1.29 is 4.39 Å². The predicted octanol–water partition coefficient (Wildman–Crippen LogP) is 4.68. The average molecular weight is 498 g/mol. The van der Waals surface area contributed by atoms with E-state index in [4.69, 9.17) is 4.98 Å². The van der Waals surface area contributed by atoms with Crippen molar-refractivity contribution in [2.75, 3.05) is 31.1 Å². The molecule has 0 spiro atoms. The summed E-state index contributed by atoms with van der Waals surface area (Å²) in [5.74, 6) is 0.0428. The second-order valence-corrected chi connectivity index (χ2v) is 10.0. The normalized spacial score (nSPS) is 16.8. The zero-order valence-corrected chi connectivity index (χ0v) is 20.5. The molecule has 0 amide bonds. The van der Waals surface area contributed by atoms with Gasteiger partial charge in [-0.15, -0.1) is 0 Å². The van der Waals surface area contributed by atoms with E-state index in [1.54, 1.807) is 18.6 Å².